The molecular formula is C15H16N2O2. The first-order chi connectivity index (χ1) is 9.20. The third kappa shape index (κ3) is 3.25. The molecule has 0 bridgehead atoms. The van der Waals surface area contributed by atoms with E-state index in [1.165, 1.54) is 0 Å². The average molecular weight is 256 g/mol. The summed E-state index contributed by atoms with van der Waals surface area (Å²) in [4.78, 5) is 0. The van der Waals surface area contributed by atoms with Crippen LogP contribution in [0.3, 0.4) is 0 Å². The molecule has 0 heterocycles. The van der Waals surface area contributed by atoms with Gasteiger partial charge in [0, 0.05) is 0 Å². The average Bonchev–Trinajstić information content (AvgIpc) is 2.45. The summed E-state index contributed by atoms with van der Waals surface area (Å²) < 4.78 is 5.76. The predicted molar refractivity (Wildman–Crippen MR) is 74.5 cm³/mol. The lowest BCUT2D eigenvalue weighted by molar-refractivity contribution is 0.303. The van der Waals surface area contributed by atoms with Gasteiger partial charge >= 0.3 is 0 Å². The van der Waals surface area contributed by atoms with E-state index in [-0.39, 0.29) is 5.84 Å². The number of amidine groups is 1. The summed E-state index contributed by atoms with van der Waals surface area (Å²) in [5.74, 6) is 0.655. The van der Waals surface area contributed by atoms with Gasteiger partial charge in [0.1, 0.15) is 12.4 Å². The Kier molecular flexibility index (Phi) is 4.03. The van der Waals surface area contributed by atoms with Crippen molar-refractivity contribution < 1.29 is 9.94 Å². The monoisotopic (exact) mass is 256 g/mol. The smallest absolute Gasteiger partial charge is 0.173 e. The summed E-state index contributed by atoms with van der Waals surface area (Å²) in [6.07, 6.45) is 0. The topological polar surface area (TPSA) is 67.8 Å². The fourth-order valence-corrected chi connectivity index (χ4v) is 1.75. The van der Waals surface area contributed by atoms with Crippen molar-refractivity contribution >= 4 is 5.84 Å². The highest BCUT2D eigenvalue weighted by molar-refractivity contribution is 5.99. The fraction of sp³-hybridized carbons (Fsp3) is 0.133. The van der Waals surface area contributed by atoms with Gasteiger partial charge in [0.05, 0.1) is 5.56 Å². The Morgan fingerprint density at radius 1 is 1.21 bits per heavy atom. The van der Waals surface area contributed by atoms with Crippen molar-refractivity contribution in [3.63, 3.8) is 0 Å². The zero-order valence-corrected chi connectivity index (χ0v) is 10.7. The number of hydrogen-bond acceptors (Lipinski definition) is 3. The van der Waals surface area contributed by atoms with Crippen LogP contribution in [0, 0.1) is 6.92 Å². The largest absolute Gasteiger partial charge is 0.488 e. The molecule has 3 N–H and O–H groups in total. The second-order valence-corrected chi connectivity index (χ2v) is 4.26. The van der Waals surface area contributed by atoms with E-state index in [1.54, 1.807) is 6.07 Å². The number of ether oxygens (including phenoxy) is 1. The molecule has 0 unspecified atom stereocenters. The van der Waals surface area contributed by atoms with Crippen molar-refractivity contribution in [2.45, 2.75) is 13.5 Å². The van der Waals surface area contributed by atoms with Crippen LogP contribution in [0.2, 0.25) is 0 Å². The van der Waals surface area contributed by atoms with Crippen LogP contribution in [0.1, 0.15) is 16.7 Å². The normalized spacial score (nSPS) is 11.3. The standard InChI is InChI=1S/C15H16N2O2/c1-11-7-8-13(15(16)17-18)14(9-11)19-10-12-5-3-2-4-6-12/h2-9,18H,10H2,1H3,(H2,16,17). The number of benzene rings is 2. The van der Waals surface area contributed by atoms with Gasteiger partial charge < -0.3 is 15.7 Å². The Bertz CT molecular complexity index is 580. The van der Waals surface area contributed by atoms with Gasteiger partial charge in [-0.1, -0.05) is 41.6 Å². The van der Waals surface area contributed by atoms with Crippen molar-refractivity contribution in [3.05, 3.63) is 65.2 Å². The maximum atomic E-state index is 8.77. The van der Waals surface area contributed by atoms with Gasteiger partial charge in [-0.2, -0.15) is 0 Å². The molecule has 0 atom stereocenters. The van der Waals surface area contributed by atoms with Gasteiger partial charge in [-0.25, -0.2) is 0 Å². The van der Waals surface area contributed by atoms with Gasteiger partial charge in [-0.15, -0.1) is 0 Å². The van der Waals surface area contributed by atoms with E-state index in [4.69, 9.17) is 15.7 Å². The van der Waals surface area contributed by atoms with Crippen molar-refractivity contribution in [1.29, 1.82) is 0 Å². The van der Waals surface area contributed by atoms with Gasteiger partial charge in [-0.05, 0) is 30.2 Å². The summed E-state index contributed by atoms with van der Waals surface area (Å²) in [6.45, 7) is 2.40. The van der Waals surface area contributed by atoms with Crippen LogP contribution in [-0.2, 0) is 6.61 Å². The first-order valence-electron chi connectivity index (χ1n) is 5.96. The third-order valence-corrected chi connectivity index (χ3v) is 2.76. The van der Waals surface area contributed by atoms with Crippen LogP contribution < -0.4 is 10.5 Å². The van der Waals surface area contributed by atoms with Crippen molar-refractivity contribution in [1.82, 2.24) is 0 Å². The number of rotatable bonds is 4. The molecule has 98 valence electrons. The minimum atomic E-state index is 0.0445. The minimum Gasteiger partial charge on any atom is -0.488 e. The molecule has 0 aromatic heterocycles. The Morgan fingerprint density at radius 2 is 1.95 bits per heavy atom. The van der Waals surface area contributed by atoms with Crippen LogP contribution in [-0.4, -0.2) is 11.0 Å². The Morgan fingerprint density at radius 3 is 2.63 bits per heavy atom. The third-order valence-electron chi connectivity index (χ3n) is 2.76. The number of nitrogens with two attached hydrogens (primary N) is 1. The van der Waals surface area contributed by atoms with Crippen molar-refractivity contribution in [2.24, 2.45) is 10.9 Å². The van der Waals surface area contributed by atoms with Crippen molar-refractivity contribution in [2.75, 3.05) is 0 Å². The molecule has 0 saturated heterocycles. The zero-order chi connectivity index (χ0) is 13.7. The lowest BCUT2D eigenvalue weighted by atomic mass is 10.1. The number of oxime groups is 1. The molecule has 0 radical (unpaired) electrons. The second kappa shape index (κ2) is 5.91. The summed E-state index contributed by atoms with van der Waals surface area (Å²) in [6, 6.07) is 15.4. The molecule has 19 heavy (non-hydrogen) atoms. The molecule has 2 aromatic carbocycles. The molecule has 2 aromatic rings. The highest BCUT2D eigenvalue weighted by atomic mass is 16.5. The second-order valence-electron chi connectivity index (χ2n) is 4.26. The lowest BCUT2D eigenvalue weighted by Gasteiger charge is -2.11. The molecular weight excluding hydrogens is 240 g/mol. The zero-order valence-electron chi connectivity index (χ0n) is 10.7. The van der Waals surface area contributed by atoms with E-state index in [0.717, 1.165) is 11.1 Å². The maximum Gasteiger partial charge on any atom is 0.173 e. The predicted octanol–water partition coefficient (Wildman–Crippen LogP) is 2.67. The SMILES string of the molecule is Cc1ccc(C(N)=NO)c(OCc2ccccc2)c1. The molecule has 0 aliphatic heterocycles. The molecule has 4 heteroatoms. The van der Waals surface area contributed by atoms with Crippen LogP contribution in [0.15, 0.2) is 53.7 Å². The number of aryl methyl sites for hydroxylation is 1. The summed E-state index contributed by atoms with van der Waals surface area (Å²) in [5.41, 5.74) is 8.34. The molecule has 0 saturated carbocycles. The van der Waals surface area contributed by atoms with Crippen LogP contribution in [0.4, 0.5) is 0 Å². The molecule has 0 aliphatic rings. The molecule has 0 spiro atoms. The van der Waals surface area contributed by atoms with Gasteiger partial charge in [-0.3, -0.25) is 0 Å². The van der Waals surface area contributed by atoms with E-state index in [2.05, 4.69) is 5.16 Å². The molecule has 4 nitrogen and oxygen atoms in total. The van der Waals surface area contributed by atoms with Gasteiger partial charge in [0.15, 0.2) is 5.84 Å². The summed E-state index contributed by atoms with van der Waals surface area (Å²) in [7, 11) is 0. The van der Waals surface area contributed by atoms with Crippen LogP contribution in [0.25, 0.3) is 0 Å². The summed E-state index contributed by atoms with van der Waals surface area (Å²) >= 11 is 0. The molecule has 0 aliphatic carbocycles. The first kappa shape index (κ1) is 13.0. The van der Waals surface area contributed by atoms with E-state index < -0.39 is 0 Å². The van der Waals surface area contributed by atoms with Crippen LogP contribution in [0.5, 0.6) is 5.75 Å². The van der Waals surface area contributed by atoms with Gasteiger partial charge in [0.2, 0.25) is 0 Å². The highest BCUT2D eigenvalue weighted by Gasteiger charge is 2.08. The lowest BCUT2D eigenvalue weighted by Crippen LogP contribution is -2.15. The van der Waals surface area contributed by atoms with Crippen molar-refractivity contribution in [3.8, 4) is 5.75 Å². The number of hydrogen-bond donors (Lipinski definition) is 2. The summed E-state index contributed by atoms with van der Waals surface area (Å²) in [5, 5.41) is 11.8. The molecule has 0 fully saturated rings. The first-order valence-corrected chi connectivity index (χ1v) is 5.96. The molecule has 0 amide bonds. The van der Waals surface area contributed by atoms with E-state index in [9.17, 15) is 0 Å². The minimum absolute atomic E-state index is 0.0445. The highest BCUT2D eigenvalue weighted by Crippen LogP contribution is 2.21. The maximum absolute atomic E-state index is 8.77. The fourth-order valence-electron chi connectivity index (χ4n) is 1.75. The quantitative estimate of drug-likeness (QED) is 0.382. The Labute approximate surface area is 112 Å². The van der Waals surface area contributed by atoms with E-state index in [0.29, 0.717) is 17.9 Å². The Balaban J connectivity index is 2.21. The Hall–Kier alpha value is -2.49. The molecule has 2 rings (SSSR count). The van der Waals surface area contributed by atoms with E-state index in [1.807, 2.05) is 49.4 Å². The van der Waals surface area contributed by atoms with E-state index >= 15 is 0 Å². The van der Waals surface area contributed by atoms with Gasteiger partial charge in [0.25, 0.3) is 0 Å². The number of nitrogens with zero attached hydrogens (tertiary/aromatic N) is 1. The van der Waals surface area contributed by atoms with Crippen LogP contribution >= 0.6 is 0 Å².